The first-order chi connectivity index (χ1) is 12.9. The smallest absolute Gasteiger partial charge is 0.102 e. The molecule has 2 unspecified atom stereocenters. The van der Waals surface area contributed by atoms with Crippen LogP contribution in [0.5, 0.6) is 0 Å². The maximum atomic E-state index is 6.46. The van der Waals surface area contributed by atoms with Crippen molar-refractivity contribution in [3.63, 3.8) is 0 Å². The Morgan fingerprint density at radius 2 is 1.26 bits per heavy atom. The van der Waals surface area contributed by atoms with Gasteiger partial charge in [0.25, 0.3) is 0 Å². The molecule has 152 valence electrons. The third kappa shape index (κ3) is 5.00. The van der Waals surface area contributed by atoms with Gasteiger partial charge in [0.05, 0.1) is 24.4 Å². The minimum absolute atomic E-state index is 0.00377. The molecule has 0 saturated carbocycles. The van der Waals surface area contributed by atoms with Crippen LogP contribution in [0.25, 0.3) is 0 Å². The molecule has 0 N–H and O–H groups in total. The zero-order chi connectivity index (χ0) is 20.1. The van der Waals surface area contributed by atoms with Gasteiger partial charge in [-0.05, 0) is 25.0 Å². The highest BCUT2D eigenvalue weighted by Gasteiger charge is 2.37. The molecule has 0 spiro atoms. The second-order valence-corrected chi connectivity index (χ2v) is 7.83. The lowest BCUT2D eigenvalue weighted by Crippen LogP contribution is -2.45. The molecule has 0 aromatic carbocycles. The van der Waals surface area contributed by atoms with Gasteiger partial charge in [0, 0.05) is 32.5 Å². The summed E-state index contributed by atoms with van der Waals surface area (Å²) in [5.74, 6) is 0.555. The van der Waals surface area contributed by atoms with E-state index in [0.29, 0.717) is 0 Å². The summed E-state index contributed by atoms with van der Waals surface area (Å²) in [6.45, 7) is 16.4. The SMILES string of the molecule is C=C[C@H](OC)C1O[C@H](C[C@H]2OC([C@H](C=C)OC)[C@H](C)C=C2C)C(C)=C[C@H]1C. The molecule has 0 amide bonds. The van der Waals surface area contributed by atoms with Gasteiger partial charge in [-0.15, -0.1) is 13.2 Å². The van der Waals surface area contributed by atoms with Crippen molar-refractivity contribution in [1.82, 2.24) is 0 Å². The molecule has 2 rings (SSSR count). The predicted molar refractivity (Wildman–Crippen MR) is 110 cm³/mol. The fraction of sp³-hybridized carbons (Fsp3) is 0.652. The summed E-state index contributed by atoms with van der Waals surface area (Å²) in [6, 6.07) is 0. The lowest BCUT2D eigenvalue weighted by atomic mass is 9.87. The van der Waals surface area contributed by atoms with Gasteiger partial charge in [0.15, 0.2) is 0 Å². The van der Waals surface area contributed by atoms with Crippen molar-refractivity contribution in [1.29, 1.82) is 0 Å². The van der Waals surface area contributed by atoms with Crippen molar-refractivity contribution in [3.05, 3.63) is 48.6 Å². The highest BCUT2D eigenvalue weighted by molar-refractivity contribution is 5.19. The van der Waals surface area contributed by atoms with Crippen molar-refractivity contribution in [2.24, 2.45) is 11.8 Å². The lowest BCUT2D eigenvalue weighted by Gasteiger charge is -2.41. The normalized spacial score (nSPS) is 36.4. The summed E-state index contributed by atoms with van der Waals surface area (Å²) in [6.07, 6.45) is 8.66. The quantitative estimate of drug-likeness (QED) is 0.586. The van der Waals surface area contributed by atoms with Crippen molar-refractivity contribution in [2.45, 2.75) is 70.7 Å². The predicted octanol–water partition coefficient (Wildman–Crippen LogP) is 4.48. The van der Waals surface area contributed by atoms with Crippen LogP contribution in [0.4, 0.5) is 0 Å². The van der Waals surface area contributed by atoms with E-state index < -0.39 is 0 Å². The Labute approximate surface area is 164 Å². The molecule has 0 aliphatic carbocycles. The second-order valence-electron chi connectivity index (χ2n) is 7.83. The highest BCUT2D eigenvalue weighted by Crippen LogP contribution is 2.34. The monoisotopic (exact) mass is 376 g/mol. The Bertz CT molecular complexity index is 529. The average Bonchev–Trinajstić information content (AvgIpc) is 2.63. The van der Waals surface area contributed by atoms with Crippen molar-refractivity contribution in [3.8, 4) is 0 Å². The first kappa shape index (κ1) is 22.1. The van der Waals surface area contributed by atoms with Crippen LogP contribution in [0.3, 0.4) is 0 Å². The van der Waals surface area contributed by atoms with Gasteiger partial charge in [0.1, 0.15) is 12.2 Å². The van der Waals surface area contributed by atoms with Gasteiger partial charge in [0.2, 0.25) is 0 Å². The van der Waals surface area contributed by atoms with Crippen molar-refractivity contribution in [2.75, 3.05) is 14.2 Å². The van der Waals surface area contributed by atoms with Gasteiger partial charge in [-0.25, -0.2) is 0 Å². The Hall–Kier alpha value is -1.20. The summed E-state index contributed by atoms with van der Waals surface area (Å²) >= 11 is 0. The van der Waals surface area contributed by atoms with E-state index in [-0.39, 0.29) is 48.5 Å². The maximum absolute atomic E-state index is 6.46. The summed E-state index contributed by atoms with van der Waals surface area (Å²) in [4.78, 5) is 0. The number of rotatable bonds is 8. The summed E-state index contributed by atoms with van der Waals surface area (Å²) in [5, 5.41) is 0. The maximum Gasteiger partial charge on any atom is 0.102 e. The zero-order valence-electron chi connectivity index (χ0n) is 17.7. The number of hydrogen-bond donors (Lipinski definition) is 0. The topological polar surface area (TPSA) is 36.9 Å². The molecule has 4 heteroatoms. The van der Waals surface area contributed by atoms with E-state index >= 15 is 0 Å². The fourth-order valence-electron chi connectivity index (χ4n) is 4.24. The molecule has 2 heterocycles. The van der Waals surface area contributed by atoms with E-state index in [2.05, 4.69) is 53.0 Å². The van der Waals surface area contributed by atoms with Crippen LogP contribution in [-0.4, -0.2) is 50.8 Å². The Morgan fingerprint density at radius 3 is 1.56 bits per heavy atom. The standard InChI is InChI=1S/C23H36O4/c1-9-18(24-7)22-16(5)11-14(3)20(26-22)13-21-15(4)12-17(6)23(27-21)19(10-2)25-8/h9-12,16-23H,1-2,13H2,3-8H3/t16-,17-,18+,19+,20-,21-,22?,23?/m1/s1. The molecule has 0 aromatic heterocycles. The second kappa shape index (κ2) is 9.83. The van der Waals surface area contributed by atoms with Crippen LogP contribution in [0, 0.1) is 11.8 Å². The molecule has 0 saturated heterocycles. The Kier molecular flexibility index (Phi) is 8.04. The molecule has 0 bridgehead atoms. The average molecular weight is 377 g/mol. The van der Waals surface area contributed by atoms with Crippen molar-refractivity contribution >= 4 is 0 Å². The van der Waals surface area contributed by atoms with Crippen LogP contribution in [-0.2, 0) is 18.9 Å². The molecular formula is C23H36O4. The number of methoxy groups -OCH3 is 2. The molecular weight excluding hydrogens is 340 g/mol. The zero-order valence-corrected chi connectivity index (χ0v) is 17.7. The fourth-order valence-corrected chi connectivity index (χ4v) is 4.24. The van der Waals surface area contributed by atoms with E-state index in [1.54, 1.807) is 14.2 Å². The first-order valence-electron chi connectivity index (χ1n) is 9.84. The molecule has 0 aromatic rings. The van der Waals surface area contributed by atoms with E-state index in [0.717, 1.165) is 6.42 Å². The lowest BCUT2D eigenvalue weighted by molar-refractivity contribution is -0.122. The summed E-state index contributed by atoms with van der Waals surface area (Å²) in [5.41, 5.74) is 2.49. The molecule has 4 nitrogen and oxygen atoms in total. The van der Waals surface area contributed by atoms with Gasteiger partial charge in [-0.2, -0.15) is 0 Å². The van der Waals surface area contributed by atoms with Gasteiger partial charge in [-0.3, -0.25) is 0 Å². The number of ether oxygens (including phenoxy) is 4. The molecule has 0 radical (unpaired) electrons. The molecule has 0 fully saturated rings. The van der Waals surface area contributed by atoms with E-state index in [1.165, 1.54) is 11.1 Å². The van der Waals surface area contributed by atoms with E-state index in [4.69, 9.17) is 18.9 Å². The van der Waals surface area contributed by atoms with Crippen molar-refractivity contribution < 1.29 is 18.9 Å². The first-order valence-corrected chi connectivity index (χ1v) is 9.84. The Balaban J connectivity index is 2.16. The van der Waals surface area contributed by atoms with Gasteiger partial charge >= 0.3 is 0 Å². The third-order valence-electron chi connectivity index (χ3n) is 5.83. The summed E-state index contributed by atoms with van der Waals surface area (Å²) in [7, 11) is 3.40. The molecule has 2 aliphatic rings. The molecule has 8 atom stereocenters. The van der Waals surface area contributed by atoms with Crippen LogP contribution < -0.4 is 0 Å². The van der Waals surface area contributed by atoms with E-state index in [1.807, 2.05) is 12.2 Å². The van der Waals surface area contributed by atoms with Gasteiger partial charge < -0.3 is 18.9 Å². The molecule has 2 aliphatic heterocycles. The third-order valence-corrected chi connectivity index (χ3v) is 5.83. The minimum atomic E-state index is -0.123. The minimum Gasteiger partial charge on any atom is -0.375 e. The van der Waals surface area contributed by atoms with Crippen LogP contribution in [0.1, 0.15) is 34.1 Å². The van der Waals surface area contributed by atoms with Crippen LogP contribution >= 0.6 is 0 Å². The highest BCUT2D eigenvalue weighted by atomic mass is 16.6. The van der Waals surface area contributed by atoms with Crippen LogP contribution in [0.15, 0.2) is 48.6 Å². The van der Waals surface area contributed by atoms with E-state index in [9.17, 15) is 0 Å². The van der Waals surface area contributed by atoms with Crippen LogP contribution in [0.2, 0.25) is 0 Å². The largest absolute Gasteiger partial charge is 0.375 e. The Morgan fingerprint density at radius 1 is 0.889 bits per heavy atom. The van der Waals surface area contributed by atoms with Gasteiger partial charge in [-0.1, -0.05) is 38.2 Å². The molecule has 27 heavy (non-hydrogen) atoms. The summed E-state index contributed by atoms with van der Waals surface area (Å²) < 4.78 is 24.0. The number of hydrogen-bond acceptors (Lipinski definition) is 4.